The van der Waals surface area contributed by atoms with E-state index in [0.29, 0.717) is 24.7 Å². The van der Waals surface area contributed by atoms with Crippen LogP contribution in [0.1, 0.15) is 46.2 Å². The van der Waals surface area contributed by atoms with Crippen molar-refractivity contribution < 1.29 is 4.79 Å². The lowest BCUT2D eigenvalue weighted by Gasteiger charge is -2.42. The van der Waals surface area contributed by atoms with Gasteiger partial charge in [-0.15, -0.1) is 0 Å². The van der Waals surface area contributed by atoms with Crippen molar-refractivity contribution in [1.82, 2.24) is 19.7 Å². The minimum Gasteiger partial charge on any atom is -0.336 e. The second-order valence-corrected chi connectivity index (χ2v) is 7.29. The summed E-state index contributed by atoms with van der Waals surface area (Å²) in [6, 6.07) is 5.48. The molecule has 6 heteroatoms. The lowest BCUT2D eigenvalue weighted by molar-refractivity contribution is 0.0587. The molecule has 6 nitrogen and oxygen atoms in total. The summed E-state index contributed by atoms with van der Waals surface area (Å²) < 4.78 is 1.90. The fourth-order valence-electron chi connectivity index (χ4n) is 4.71. The molecule has 0 spiro atoms. The quantitative estimate of drug-likeness (QED) is 0.860. The third kappa shape index (κ3) is 1.98. The Bertz CT molecular complexity index is 881. The molecular weight excluding hydrogens is 304 g/mol. The van der Waals surface area contributed by atoms with Crippen molar-refractivity contribution >= 4 is 5.91 Å². The van der Waals surface area contributed by atoms with E-state index in [4.69, 9.17) is 0 Å². The molecule has 2 atom stereocenters. The number of piperidine rings is 1. The zero-order valence-electron chi connectivity index (χ0n) is 13.5. The lowest BCUT2D eigenvalue weighted by atomic mass is 9.83. The summed E-state index contributed by atoms with van der Waals surface area (Å²) in [5.74, 6) is 0.658. The molecule has 2 aliphatic heterocycles. The van der Waals surface area contributed by atoms with Crippen LogP contribution in [0.15, 0.2) is 23.0 Å². The second kappa shape index (κ2) is 5.06. The van der Waals surface area contributed by atoms with Gasteiger partial charge in [0.25, 0.3) is 11.5 Å². The number of hydrogen-bond acceptors (Lipinski definition) is 3. The summed E-state index contributed by atoms with van der Waals surface area (Å²) >= 11 is 0. The van der Waals surface area contributed by atoms with E-state index in [0.717, 1.165) is 49.2 Å². The van der Waals surface area contributed by atoms with Crippen molar-refractivity contribution in [2.24, 2.45) is 5.92 Å². The number of pyridine rings is 1. The maximum absolute atomic E-state index is 13.0. The Balaban J connectivity index is 1.46. The average molecular weight is 324 g/mol. The zero-order valence-corrected chi connectivity index (χ0v) is 13.5. The van der Waals surface area contributed by atoms with Crippen molar-refractivity contribution in [3.63, 3.8) is 0 Å². The van der Waals surface area contributed by atoms with Gasteiger partial charge in [0.1, 0.15) is 0 Å². The monoisotopic (exact) mass is 324 g/mol. The van der Waals surface area contributed by atoms with E-state index in [2.05, 4.69) is 10.2 Å². The number of carbonyl (C=O) groups is 1. The van der Waals surface area contributed by atoms with Crippen LogP contribution in [0.4, 0.5) is 0 Å². The van der Waals surface area contributed by atoms with Gasteiger partial charge in [-0.05, 0) is 37.7 Å². The molecule has 1 amide bonds. The number of aryl methyl sites for hydroxylation is 1. The van der Waals surface area contributed by atoms with Crippen LogP contribution < -0.4 is 5.56 Å². The smallest absolute Gasteiger partial charge is 0.274 e. The standard InChI is InChI=1S/C18H20N4O2/c23-16-6-2-5-15-12-7-11(9-22(15)16)8-21(10-12)18(24)17-13-3-1-4-14(13)19-20-17/h2,5-6,11-12H,1,3-4,7-10H2,(H,19,20)/t11-,12+/m1/s1. The summed E-state index contributed by atoms with van der Waals surface area (Å²) in [5.41, 5.74) is 4.02. The SMILES string of the molecule is O=C(c1n[nH]c2c1CCC2)N1C[C@H]2C[C@@H](C1)c1cccc(=O)n1C2. The number of H-pyrrole nitrogens is 1. The molecule has 2 bridgehead atoms. The number of amides is 1. The van der Waals surface area contributed by atoms with Crippen LogP contribution in [-0.2, 0) is 19.4 Å². The Labute approximate surface area is 139 Å². The number of aromatic amines is 1. The van der Waals surface area contributed by atoms with Gasteiger partial charge in [0.2, 0.25) is 0 Å². The first-order valence-corrected chi connectivity index (χ1v) is 8.76. The van der Waals surface area contributed by atoms with Crippen LogP contribution in [0.2, 0.25) is 0 Å². The molecule has 1 saturated heterocycles. The van der Waals surface area contributed by atoms with E-state index >= 15 is 0 Å². The Morgan fingerprint density at radius 1 is 1.21 bits per heavy atom. The first kappa shape index (κ1) is 14.0. The van der Waals surface area contributed by atoms with Crippen LogP contribution in [0.3, 0.4) is 0 Å². The number of nitrogens with zero attached hydrogens (tertiary/aromatic N) is 3. The number of rotatable bonds is 1. The van der Waals surface area contributed by atoms with Crippen molar-refractivity contribution in [3.8, 4) is 0 Å². The molecule has 2 aromatic heterocycles. The molecule has 0 aromatic carbocycles. The number of hydrogen-bond donors (Lipinski definition) is 1. The molecule has 0 saturated carbocycles. The molecule has 4 heterocycles. The summed E-state index contributed by atoms with van der Waals surface area (Å²) in [5, 5.41) is 7.33. The summed E-state index contributed by atoms with van der Waals surface area (Å²) in [7, 11) is 0. The molecule has 0 radical (unpaired) electrons. The number of nitrogens with one attached hydrogen (secondary N) is 1. The van der Waals surface area contributed by atoms with Crippen LogP contribution in [0.25, 0.3) is 0 Å². The van der Waals surface area contributed by atoms with E-state index in [1.807, 2.05) is 21.6 Å². The van der Waals surface area contributed by atoms with Gasteiger partial charge in [-0.2, -0.15) is 5.10 Å². The Morgan fingerprint density at radius 2 is 2.12 bits per heavy atom. The molecule has 3 aliphatic rings. The van der Waals surface area contributed by atoms with Crippen LogP contribution >= 0.6 is 0 Å². The fourth-order valence-corrected chi connectivity index (χ4v) is 4.71. The summed E-state index contributed by atoms with van der Waals surface area (Å²) in [6.45, 7) is 2.12. The lowest BCUT2D eigenvalue weighted by Crippen LogP contribution is -2.49. The van der Waals surface area contributed by atoms with E-state index in [9.17, 15) is 9.59 Å². The Kier molecular flexibility index (Phi) is 2.96. The highest BCUT2D eigenvalue weighted by Crippen LogP contribution is 2.36. The van der Waals surface area contributed by atoms with Gasteiger partial charge in [-0.25, -0.2) is 0 Å². The van der Waals surface area contributed by atoms with Crippen LogP contribution in [0.5, 0.6) is 0 Å². The molecule has 124 valence electrons. The molecule has 0 unspecified atom stereocenters. The molecule has 24 heavy (non-hydrogen) atoms. The number of carbonyl (C=O) groups excluding carboxylic acids is 1. The number of likely N-dealkylation sites (tertiary alicyclic amines) is 1. The second-order valence-electron chi connectivity index (χ2n) is 7.29. The number of aromatic nitrogens is 3. The van der Waals surface area contributed by atoms with Crippen LogP contribution in [-0.4, -0.2) is 38.7 Å². The highest BCUT2D eigenvalue weighted by molar-refractivity contribution is 5.94. The maximum atomic E-state index is 13.0. The largest absolute Gasteiger partial charge is 0.336 e. The third-order valence-electron chi connectivity index (χ3n) is 5.78. The predicted molar refractivity (Wildman–Crippen MR) is 88.1 cm³/mol. The summed E-state index contributed by atoms with van der Waals surface area (Å²) in [6.07, 6.45) is 4.11. The molecule has 5 rings (SSSR count). The summed E-state index contributed by atoms with van der Waals surface area (Å²) in [4.78, 5) is 27.1. The van der Waals surface area contributed by atoms with Gasteiger partial charge in [0.15, 0.2) is 5.69 Å². The van der Waals surface area contributed by atoms with E-state index < -0.39 is 0 Å². The Hall–Kier alpha value is -2.37. The normalized spacial score (nSPS) is 24.6. The van der Waals surface area contributed by atoms with Gasteiger partial charge in [0, 0.05) is 48.6 Å². The third-order valence-corrected chi connectivity index (χ3v) is 5.78. The molecule has 1 N–H and O–H groups in total. The molecule has 2 aromatic rings. The highest BCUT2D eigenvalue weighted by atomic mass is 16.2. The van der Waals surface area contributed by atoms with Gasteiger partial charge in [-0.1, -0.05) is 6.07 Å². The molecule has 1 aliphatic carbocycles. The zero-order chi connectivity index (χ0) is 16.3. The maximum Gasteiger partial charge on any atom is 0.274 e. The fraction of sp³-hybridized carbons (Fsp3) is 0.500. The molecule has 1 fully saturated rings. The van der Waals surface area contributed by atoms with Crippen LogP contribution in [0, 0.1) is 5.92 Å². The molecular formula is C18H20N4O2. The van der Waals surface area contributed by atoms with Crippen molar-refractivity contribution in [2.75, 3.05) is 13.1 Å². The van der Waals surface area contributed by atoms with E-state index in [1.165, 1.54) is 0 Å². The number of fused-ring (bicyclic) bond motifs is 5. The minimum absolute atomic E-state index is 0.0517. The first-order valence-electron chi connectivity index (χ1n) is 8.76. The van der Waals surface area contributed by atoms with Gasteiger partial charge < -0.3 is 9.47 Å². The van der Waals surface area contributed by atoms with Gasteiger partial charge in [0.05, 0.1) is 0 Å². The van der Waals surface area contributed by atoms with Gasteiger partial charge >= 0.3 is 0 Å². The average Bonchev–Trinajstić information content (AvgIpc) is 3.18. The topological polar surface area (TPSA) is 71.0 Å². The van der Waals surface area contributed by atoms with Crippen molar-refractivity contribution in [1.29, 1.82) is 0 Å². The van der Waals surface area contributed by atoms with E-state index in [1.54, 1.807) is 6.07 Å². The highest BCUT2D eigenvalue weighted by Gasteiger charge is 2.37. The minimum atomic E-state index is 0.0517. The van der Waals surface area contributed by atoms with Gasteiger partial charge in [-0.3, -0.25) is 14.7 Å². The first-order chi connectivity index (χ1) is 11.7. The van der Waals surface area contributed by atoms with E-state index in [-0.39, 0.29) is 17.4 Å². The van der Waals surface area contributed by atoms with Crippen molar-refractivity contribution in [2.45, 2.75) is 38.1 Å². The van der Waals surface area contributed by atoms with Crippen molar-refractivity contribution in [3.05, 3.63) is 51.2 Å². The predicted octanol–water partition coefficient (Wildman–Crippen LogP) is 1.32. The Morgan fingerprint density at radius 3 is 3.04 bits per heavy atom.